The summed E-state index contributed by atoms with van der Waals surface area (Å²) < 4.78 is 5.75. The van der Waals surface area contributed by atoms with E-state index in [-0.39, 0.29) is 18.2 Å². The number of hydrogen-bond donors (Lipinski definition) is 2. The van der Waals surface area contributed by atoms with E-state index in [1.165, 1.54) is 0 Å². The maximum absolute atomic E-state index is 12.5. The van der Waals surface area contributed by atoms with Crippen LogP contribution >= 0.6 is 0 Å². The molecule has 4 rings (SSSR count). The molecular formula is C20H18N2O3. The zero-order chi connectivity index (χ0) is 17.2. The number of anilines is 1. The van der Waals surface area contributed by atoms with Gasteiger partial charge in [-0.1, -0.05) is 36.4 Å². The third kappa shape index (κ3) is 3.13. The molecule has 0 bridgehead atoms. The van der Waals surface area contributed by atoms with Crippen LogP contribution in [0.25, 0.3) is 11.0 Å². The van der Waals surface area contributed by atoms with Gasteiger partial charge in [-0.05, 0) is 23.8 Å². The van der Waals surface area contributed by atoms with E-state index in [1.807, 2.05) is 54.6 Å². The number of benzene rings is 2. The minimum Gasteiger partial charge on any atom is -0.461 e. The molecule has 2 aromatic carbocycles. The first-order valence-corrected chi connectivity index (χ1v) is 8.34. The topological polar surface area (TPSA) is 71.3 Å². The molecule has 126 valence electrons. The second-order valence-electron chi connectivity index (χ2n) is 6.18. The van der Waals surface area contributed by atoms with Gasteiger partial charge in [-0.25, -0.2) is 0 Å². The first-order valence-electron chi connectivity index (χ1n) is 8.34. The van der Waals surface area contributed by atoms with Gasteiger partial charge in [0, 0.05) is 30.5 Å². The van der Waals surface area contributed by atoms with Crippen LogP contribution in [0.2, 0.25) is 0 Å². The Morgan fingerprint density at radius 1 is 1.16 bits per heavy atom. The van der Waals surface area contributed by atoms with Crippen molar-refractivity contribution in [3.05, 3.63) is 65.9 Å². The fourth-order valence-corrected chi connectivity index (χ4v) is 3.24. The van der Waals surface area contributed by atoms with E-state index in [2.05, 4.69) is 10.6 Å². The summed E-state index contributed by atoms with van der Waals surface area (Å²) in [6, 6.07) is 17.3. The lowest BCUT2D eigenvalue weighted by Crippen LogP contribution is -2.35. The van der Waals surface area contributed by atoms with Crippen LogP contribution in [0.1, 0.15) is 23.7 Å². The van der Waals surface area contributed by atoms with Crippen LogP contribution in [-0.2, 0) is 16.0 Å². The average molecular weight is 334 g/mol. The van der Waals surface area contributed by atoms with Crippen LogP contribution in [0.5, 0.6) is 0 Å². The Morgan fingerprint density at radius 2 is 1.96 bits per heavy atom. The predicted molar refractivity (Wildman–Crippen MR) is 95.4 cm³/mol. The smallest absolute Gasteiger partial charge is 0.228 e. The lowest BCUT2D eigenvalue weighted by atomic mass is 9.90. The highest BCUT2D eigenvalue weighted by molar-refractivity contribution is 6.01. The van der Waals surface area contributed by atoms with Crippen molar-refractivity contribution >= 4 is 28.5 Å². The van der Waals surface area contributed by atoms with Crippen LogP contribution < -0.4 is 10.6 Å². The van der Waals surface area contributed by atoms with Gasteiger partial charge in [0.2, 0.25) is 11.8 Å². The van der Waals surface area contributed by atoms with Crippen molar-refractivity contribution in [2.45, 2.75) is 18.8 Å². The van der Waals surface area contributed by atoms with Gasteiger partial charge in [0.1, 0.15) is 11.3 Å². The van der Waals surface area contributed by atoms with Gasteiger partial charge in [0.15, 0.2) is 0 Å². The summed E-state index contributed by atoms with van der Waals surface area (Å²) in [5.74, 6) is 0.137. The third-order valence-electron chi connectivity index (χ3n) is 4.46. The van der Waals surface area contributed by atoms with Gasteiger partial charge in [0.05, 0.1) is 5.92 Å². The molecule has 2 amide bonds. The summed E-state index contributed by atoms with van der Waals surface area (Å²) in [6.45, 7) is 0.471. The summed E-state index contributed by atoms with van der Waals surface area (Å²) in [4.78, 5) is 24.4. The first kappa shape index (κ1) is 15.4. The second kappa shape index (κ2) is 6.43. The monoisotopic (exact) mass is 334 g/mol. The SMILES string of the molecule is O=C1C[C@H](C(=O)NCCc2cc3ccccc3o2)c2ccccc2N1. The molecule has 5 nitrogen and oxygen atoms in total. The maximum atomic E-state index is 12.5. The van der Waals surface area contributed by atoms with Crippen molar-refractivity contribution in [1.82, 2.24) is 5.32 Å². The number of carbonyl (C=O) groups excluding carboxylic acids is 2. The van der Waals surface area contributed by atoms with Crippen molar-refractivity contribution in [2.75, 3.05) is 11.9 Å². The number of nitrogens with one attached hydrogen (secondary N) is 2. The molecule has 3 aromatic rings. The Kier molecular flexibility index (Phi) is 3.98. The molecule has 2 heterocycles. The molecule has 1 aromatic heterocycles. The zero-order valence-corrected chi connectivity index (χ0v) is 13.6. The van der Waals surface area contributed by atoms with E-state index in [0.717, 1.165) is 28.0 Å². The third-order valence-corrected chi connectivity index (χ3v) is 4.46. The fraction of sp³-hybridized carbons (Fsp3) is 0.200. The molecular weight excluding hydrogens is 316 g/mol. The van der Waals surface area contributed by atoms with E-state index in [1.54, 1.807) is 0 Å². The molecule has 0 unspecified atom stereocenters. The van der Waals surface area contributed by atoms with Crippen molar-refractivity contribution < 1.29 is 14.0 Å². The minimum atomic E-state index is -0.444. The number of furan rings is 1. The Labute approximate surface area is 145 Å². The average Bonchev–Trinajstić information content (AvgIpc) is 3.03. The van der Waals surface area contributed by atoms with Gasteiger partial charge >= 0.3 is 0 Å². The number of carbonyl (C=O) groups is 2. The molecule has 0 fully saturated rings. The Bertz CT molecular complexity index is 912. The molecule has 0 aliphatic carbocycles. The summed E-state index contributed by atoms with van der Waals surface area (Å²) in [5, 5.41) is 6.79. The van der Waals surface area contributed by atoms with E-state index in [4.69, 9.17) is 4.42 Å². The van der Waals surface area contributed by atoms with Gasteiger partial charge in [-0.2, -0.15) is 0 Å². The van der Waals surface area contributed by atoms with Crippen LogP contribution in [0.15, 0.2) is 59.0 Å². The molecule has 1 aliphatic rings. The van der Waals surface area contributed by atoms with Crippen LogP contribution in [0.3, 0.4) is 0 Å². The molecule has 1 atom stereocenters. The maximum Gasteiger partial charge on any atom is 0.228 e. The lowest BCUT2D eigenvalue weighted by Gasteiger charge is -2.24. The molecule has 0 spiro atoms. The number of amides is 2. The molecule has 0 saturated carbocycles. The molecule has 25 heavy (non-hydrogen) atoms. The van der Waals surface area contributed by atoms with Crippen molar-refractivity contribution in [3.8, 4) is 0 Å². The summed E-state index contributed by atoms with van der Waals surface area (Å²) in [5.41, 5.74) is 2.43. The molecule has 2 N–H and O–H groups in total. The summed E-state index contributed by atoms with van der Waals surface area (Å²) in [6.07, 6.45) is 0.786. The van der Waals surface area contributed by atoms with Gasteiger partial charge < -0.3 is 15.1 Å². The van der Waals surface area contributed by atoms with Gasteiger partial charge in [-0.15, -0.1) is 0 Å². The minimum absolute atomic E-state index is 0.126. The highest BCUT2D eigenvalue weighted by atomic mass is 16.3. The van der Waals surface area contributed by atoms with Crippen LogP contribution in [0.4, 0.5) is 5.69 Å². The Balaban J connectivity index is 1.41. The summed E-state index contributed by atoms with van der Waals surface area (Å²) >= 11 is 0. The lowest BCUT2D eigenvalue weighted by molar-refractivity contribution is -0.126. The number of hydrogen-bond acceptors (Lipinski definition) is 3. The second-order valence-corrected chi connectivity index (χ2v) is 6.18. The molecule has 1 aliphatic heterocycles. The van der Waals surface area contributed by atoms with E-state index in [9.17, 15) is 9.59 Å². The van der Waals surface area contributed by atoms with E-state index in [0.29, 0.717) is 13.0 Å². The highest BCUT2D eigenvalue weighted by Crippen LogP contribution is 2.32. The van der Waals surface area contributed by atoms with Gasteiger partial charge in [0.25, 0.3) is 0 Å². The molecule has 0 radical (unpaired) electrons. The van der Waals surface area contributed by atoms with Crippen molar-refractivity contribution in [1.29, 1.82) is 0 Å². The van der Waals surface area contributed by atoms with E-state index >= 15 is 0 Å². The standard InChI is InChI=1S/C20H18N2O3/c23-19-12-16(15-6-2-3-7-17(15)22-19)20(24)21-10-9-14-11-13-5-1-4-8-18(13)25-14/h1-8,11,16H,9-10,12H2,(H,21,24)(H,22,23)/t16-/m0/s1. The largest absolute Gasteiger partial charge is 0.461 e. The van der Waals surface area contributed by atoms with Crippen molar-refractivity contribution in [3.63, 3.8) is 0 Å². The predicted octanol–water partition coefficient (Wildman–Crippen LogP) is 3.22. The zero-order valence-electron chi connectivity index (χ0n) is 13.6. The molecule has 5 heteroatoms. The molecule has 0 saturated heterocycles. The van der Waals surface area contributed by atoms with Crippen molar-refractivity contribution in [2.24, 2.45) is 0 Å². The Hall–Kier alpha value is -3.08. The number of rotatable bonds is 4. The quantitative estimate of drug-likeness (QED) is 0.769. The normalized spacial score (nSPS) is 16.3. The fourth-order valence-electron chi connectivity index (χ4n) is 3.24. The summed E-state index contributed by atoms with van der Waals surface area (Å²) in [7, 11) is 0. The number of fused-ring (bicyclic) bond motifs is 2. The van der Waals surface area contributed by atoms with E-state index < -0.39 is 5.92 Å². The Morgan fingerprint density at radius 3 is 2.84 bits per heavy atom. The number of para-hydroxylation sites is 2. The highest BCUT2D eigenvalue weighted by Gasteiger charge is 2.30. The van der Waals surface area contributed by atoms with Gasteiger partial charge in [-0.3, -0.25) is 9.59 Å². The van der Waals surface area contributed by atoms with Crippen LogP contribution in [-0.4, -0.2) is 18.4 Å². The first-order chi connectivity index (χ1) is 12.2. The van der Waals surface area contributed by atoms with Crippen LogP contribution in [0, 0.1) is 0 Å².